The van der Waals surface area contributed by atoms with E-state index in [1.165, 1.54) is 30.3 Å². The molecular formula is C14H11F3O2S. The monoisotopic (exact) mass is 300 g/mol. The van der Waals surface area contributed by atoms with Crippen molar-refractivity contribution in [2.75, 3.05) is 6.61 Å². The zero-order valence-corrected chi connectivity index (χ0v) is 11.3. The summed E-state index contributed by atoms with van der Waals surface area (Å²) in [5, 5.41) is 0. The lowest BCUT2D eigenvalue weighted by atomic mass is 10.1. The molecule has 1 aromatic heterocycles. The molecule has 0 fully saturated rings. The Kier molecular flexibility index (Phi) is 4.13. The number of alkyl halides is 3. The Morgan fingerprint density at radius 3 is 2.55 bits per heavy atom. The minimum absolute atomic E-state index is 0.0700. The van der Waals surface area contributed by atoms with E-state index in [9.17, 15) is 18.0 Å². The van der Waals surface area contributed by atoms with Gasteiger partial charge in [-0.1, -0.05) is 18.2 Å². The molecule has 0 amide bonds. The molecule has 0 saturated heterocycles. The number of benzene rings is 1. The number of thiophene rings is 1. The van der Waals surface area contributed by atoms with E-state index < -0.39 is 17.7 Å². The van der Waals surface area contributed by atoms with Gasteiger partial charge in [0, 0.05) is 10.4 Å². The number of hydrogen-bond acceptors (Lipinski definition) is 3. The van der Waals surface area contributed by atoms with Crippen LogP contribution in [-0.2, 0) is 10.9 Å². The van der Waals surface area contributed by atoms with Crippen molar-refractivity contribution in [3.63, 3.8) is 0 Å². The van der Waals surface area contributed by atoms with Gasteiger partial charge >= 0.3 is 12.1 Å². The van der Waals surface area contributed by atoms with Gasteiger partial charge in [-0.25, -0.2) is 4.79 Å². The van der Waals surface area contributed by atoms with Crippen LogP contribution < -0.4 is 0 Å². The maximum absolute atomic E-state index is 12.9. The molecule has 106 valence electrons. The van der Waals surface area contributed by atoms with Gasteiger partial charge < -0.3 is 4.74 Å². The van der Waals surface area contributed by atoms with Crippen molar-refractivity contribution in [3.05, 3.63) is 46.8 Å². The standard InChI is InChI=1S/C14H11F3O2S/c1-2-19-13(18)12-8-7-11(20-12)9-5-3-4-6-10(9)14(15,16)17/h3-8H,2H2,1H3. The summed E-state index contributed by atoms with van der Waals surface area (Å²) in [4.78, 5) is 12.2. The molecular weight excluding hydrogens is 289 g/mol. The Bertz CT molecular complexity index is 617. The van der Waals surface area contributed by atoms with E-state index in [1.54, 1.807) is 6.92 Å². The highest BCUT2D eigenvalue weighted by Gasteiger charge is 2.33. The van der Waals surface area contributed by atoms with Crippen LogP contribution in [0.4, 0.5) is 13.2 Å². The molecule has 2 rings (SSSR count). The molecule has 20 heavy (non-hydrogen) atoms. The van der Waals surface area contributed by atoms with E-state index in [0.29, 0.717) is 9.75 Å². The van der Waals surface area contributed by atoms with Gasteiger partial charge in [-0.15, -0.1) is 11.3 Å². The molecule has 0 spiro atoms. The van der Waals surface area contributed by atoms with Crippen LogP contribution in [0.3, 0.4) is 0 Å². The summed E-state index contributed by atoms with van der Waals surface area (Å²) in [6, 6.07) is 8.27. The van der Waals surface area contributed by atoms with Gasteiger partial charge in [0.25, 0.3) is 0 Å². The lowest BCUT2D eigenvalue weighted by Gasteiger charge is -2.11. The number of carbonyl (C=O) groups is 1. The largest absolute Gasteiger partial charge is 0.462 e. The topological polar surface area (TPSA) is 26.3 Å². The lowest BCUT2D eigenvalue weighted by Crippen LogP contribution is -2.06. The molecule has 0 aliphatic carbocycles. The molecule has 1 heterocycles. The molecule has 0 aliphatic heterocycles. The average Bonchev–Trinajstić information content (AvgIpc) is 2.87. The SMILES string of the molecule is CCOC(=O)c1ccc(-c2ccccc2C(F)(F)F)s1. The van der Waals surface area contributed by atoms with E-state index in [1.807, 2.05) is 0 Å². The lowest BCUT2D eigenvalue weighted by molar-refractivity contribution is -0.137. The summed E-state index contributed by atoms with van der Waals surface area (Å²) in [6.07, 6.45) is -4.43. The third-order valence-corrected chi connectivity index (χ3v) is 3.68. The molecule has 0 saturated carbocycles. The Morgan fingerprint density at radius 1 is 1.20 bits per heavy atom. The Balaban J connectivity index is 2.41. The van der Waals surface area contributed by atoms with Crippen LogP contribution in [-0.4, -0.2) is 12.6 Å². The molecule has 0 radical (unpaired) electrons. The Labute approximate surface area is 117 Å². The summed E-state index contributed by atoms with van der Waals surface area (Å²) < 4.78 is 43.6. The molecule has 0 unspecified atom stereocenters. The fraction of sp³-hybridized carbons (Fsp3) is 0.214. The fourth-order valence-electron chi connectivity index (χ4n) is 1.74. The van der Waals surface area contributed by atoms with Crippen LogP contribution in [0.25, 0.3) is 10.4 Å². The van der Waals surface area contributed by atoms with Crippen LogP contribution in [0.2, 0.25) is 0 Å². The fourth-order valence-corrected chi connectivity index (χ4v) is 2.68. The maximum Gasteiger partial charge on any atom is 0.417 e. The summed E-state index contributed by atoms with van der Waals surface area (Å²) in [7, 11) is 0. The summed E-state index contributed by atoms with van der Waals surface area (Å²) in [5.41, 5.74) is -0.641. The third kappa shape index (κ3) is 3.01. The Morgan fingerprint density at radius 2 is 1.90 bits per heavy atom. The summed E-state index contributed by atoms with van der Waals surface area (Å²) in [5.74, 6) is -0.520. The van der Waals surface area contributed by atoms with Crippen LogP contribution in [0.15, 0.2) is 36.4 Å². The first-order valence-electron chi connectivity index (χ1n) is 5.87. The van der Waals surface area contributed by atoms with Crippen LogP contribution in [0.5, 0.6) is 0 Å². The van der Waals surface area contributed by atoms with Crippen molar-refractivity contribution in [3.8, 4) is 10.4 Å². The van der Waals surface area contributed by atoms with Crippen LogP contribution >= 0.6 is 11.3 Å². The highest BCUT2D eigenvalue weighted by molar-refractivity contribution is 7.17. The zero-order chi connectivity index (χ0) is 14.8. The summed E-state index contributed by atoms with van der Waals surface area (Å²) >= 11 is 0.990. The molecule has 0 aliphatic rings. The number of halogens is 3. The number of rotatable bonds is 3. The van der Waals surface area contributed by atoms with E-state index >= 15 is 0 Å². The molecule has 0 atom stereocenters. The van der Waals surface area contributed by atoms with Crippen molar-refractivity contribution in [1.29, 1.82) is 0 Å². The van der Waals surface area contributed by atoms with E-state index in [4.69, 9.17) is 4.74 Å². The normalized spacial score (nSPS) is 11.4. The highest BCUT2D eigenvalue weighted by Crippen LogP contribution is 2.39. The molecule has 6 heteroatoms. The van der Waals surface area contributed by atoms with Gasteiger partial charge in [0.05, 0.1) is 12.2 Å². The molecule has 1 aromatic carbocycles. The van der Waals surface area contributed by atoms with Crippen molar-refractivity contribution in [2.45, 2.75) is 13.1 Å². The molecule has 0 bridgehead atoms. The second kappa shape index (κ2) is 5.66. The first-order valence-corrected chi connectivity index (χ1v) is 6.68. The van der Waals surface area contributed by atoms with Gasteiger partial charge in [0.15, 0.2) is 0 Å². The number of esters is 1. The number of hydrogen-bond donors (Lipinski definition) is 0. The van der Waals surface area contributed by atoms with Gasteiger partial charge in [-0.05, 0) is 25.1 Å². The average molecular weight is 300 g/mol. The van der Waals surface area contributed by atoms with E-state index in [0.717, 1.165) is 17.4 Å². The molecule has 2 aromatic rings. The zero-order valence-electron chi connectivity index (χ0n) is 10.5. The smallest absolute Gasteiger partial charge is 0.417 e. The number of ether oxygens (including phenoxy) is 1. The van der Waals surface area contributed by atoms with Crippen molar-refractivity contribution < 1.29 is 22.7 Å². The predicted octanol–water partition coefficient (Wildman–Crippen LogP) is 4.61. The van der Waals surface area contributed by atoms with Crippen LogP contribution in [0, 0.1) is 0 Å². The first kappa shape index (κ1) is 14.6. The predicted molar refractivity (Wildman–Crippen MR) is 70.7 cm³/mol. The van der Waals surface area contributed by atoms with Crippen molar-refractivity contribution in [1.82, 2.24) is 0 Å². The molecule has 0 N–H and O–H groups in total. The van der Waals surface area contributed by atoms with Crippen molar-refractivity contribution >= 4 is 17.3 Å². The minimum Gasteiger partial charge on any atom is -0.462 e. The summed E-state index contributed by atoms with van der Waals surface area (Å²) in [6.45, 7) is 1.90. The highest BCUT2D eigenvalue weighted by atomic mass is 32.1. The Hall–Kier alpha value is -1.82. The van der Waals surface area contributed by atoms with Gasteiger partial charge in [-0.3, -0.25) is 0 Å². The number of carbonyl (C=O) groups excluding carboxylic acids is 1. The second-order valence-corrected chi connectivity index (χ2v) is 5.01. The van der Waals surface area contributed by atoms with Gasteiger partial charge in [0.1, 0.15) is 4.88 Å². The first-order chi connectivity index (χ1) is 9.43. The van der Waals surface area contributed by atoms with Crippen molar-refractivity contribution in [2.24, 2.45) is 0 Å². The maximum atomic E-state index is 12.9. The second-order valence-electron chi connectivity index (χ2n) is 3.93. The third-order valence-electron chi connectivity index (χ3n) is 2.58. The quantitative estimate of drug-likeness (QED) is 0.774. The van der Waals surface area contributed by atoms with Crippen LogP contribution in [0.1, 0.15) is 22.2 Å². The van der Waals surface area contributed by atoms with Gasteiger partial charge in [0.2, 0.25) is 0 Å². The van der Waals surface area contributed by atoms with Gasteiger partial charge in [-0.2, -0.15) is 13.2 Å². The minimum atomic E-state index is -4.43. The van der Waals surface area contributed by atoms with E-state index in [2.05, 4.69) is 0 Å². The molecule has 2 nitrogen and oxygen atoms in total. The van der Waals surface area contributed by atoms with E-state index in [-0.39, 0.29) is 12.2 Å².